The van der Waals surface area contributed by atoms with Crippen LogP contribution in [0.3, 0.4) is 0 Å². The Labute approximate surface area is 119 Å². The Morgan fingerprint density at radius 3 is 2.59 bits per heavy atom. The number of aliphatic hydroxyl groups excluding tert-OH is 1. The van der Waals surface area contributed by atoms with Gasteiger partial charge in [0.25, 0.3) is 0 Å². The number of alkyl halides is 1. The number of aliphatic hydroxyl groups is 1. The number of benzene rings is 1. The highest BCUT2D eigenvalue weighted by Crippen LogP contribution is 2.17. The van der Waals surface area contributed by atoms with Gasteiger partial charge in [-0.2, -0.15) is 12.6 Å². The van der Waals surface area contributed by atoms with E-state index in [4.69, 9.17) is 4.74 Å². The van der Waals surface area contributed by atoms with Gasteiger partial charge < -0.3 is 15.2 Å². The predicted octanol–water partition coefficient (Wildman–Crippen LogP) is 2.08. The molecule has 0 spiro atoms. The predicted molar refractivity (Wildman–Crippen MR) is 79.0 cm³/mol. The van der Waals surface area contributed by atoms with Crippen LogP contribution in [-0.4, -0.2) is 27.0 Å². The standard InChI is InChI=1S/C11H14INO3S/c1-7(14)13-8-2-4-9(5-3-8)16-6-10(15)11(12)17/h2-5,10-11,15,17H,6H2,1H3,(H,13,14). The van der Waals surface area contributed by atoms with E-state index in [2.05, 4.69) is 17.9 Å². The first-order valence-electron chi connectivity index (χ1n) is 4.99. The third-order valence-corrected chi connectivity index (χ3v) is 3.09. The largest absolute Gasteiger partial charge is 0.491 e. The summed E-state index contributed by atoms with van der Waals surface area (Å²) >= 11 is 6.12. The summed E-state index contributed by atoms with van der Waals surface area (Å²) in [6.07, 6.45) is -0.617. The van der Waals surface area contributed by atoms with Crippen LogP contribution in [0, 0.1) is 0 Å². The minimum absolute atomic E-state index is 0.114. The van der Waals surface area contributed by atoms with Crippen molar-refractivity contribution in [1.29, 1.82) is 0 Å². The van der Waals surface area contributed by atoms with Gasteiger partial charge in [0.2, 0.25) is 5.91 Å². The van der Waals surface area contributed by atoms with E-state index in [1.165, 1.54) is 6.92 Å². The number of ether oxygens (including phenoxy) is 1. The number of amides is 1. The molecule has 0 radical (unpaired) electrons. The molecule has 1 aromatic carbocycles. The number of hydrogen-bond acceptors (Lipinski definition) is 4. The van der Waals surface area contributed by atoms with Crippen LogP contribution in [0.2, 0.25) is 0 Å². The van der Waals surface area contributed by atoms with Gasteiger partial charge in [-0.15, -0.1) is 0 Å². The molecule has 17 heavy (non-hydrogen) atoms. The molecule has 1 rings (SSSR count). The molecule has 4 nitrogen and oxygen atoms in total. The molecular formula is C11H14INO3S. The first kappa shape index (κ1) is 14.6. The topological polar surface area (TPSA) is 58.6 Å². The Hall–Kier alpha value is -0.470. The van der Waals surface area contributed by atoms with Gasteiger partial charge in [0.1, 0.15) is 18.5 Å². The van der Waals surface area contributed by atoms with Crippen LogP contribution in [-0.2, 0) is 4.79 Å². The zero-order valence-corrected chi connectivity index (χ0v) is 12.3. The Morgan fingerprint density at radius 2 is 2.12 bits per heavy atom. The highest BCUT2D eigenvalue weighted by atomic mass is 127. The SMILES string of the molecule is CC(=O)Nc1ccc(OCC(O)C(S)I)cc1. The molecule has 0 heterocycles. The van der Waals surface area contributed by atoms with Crippen molar-refractivity contribution >= 4 is 46.8 Å². The molecule has 1 aromatic rings. The maximum absolute atomic E-state index is 10.8. The zero-order valence-electron chi connectivity index (χ0n) is 9.26. The number of hydrogen-bond donors (Lipinski definition) is 3. The van der Waals surface area contributed by atoms with Crippen LogP contribution in [0.15, 0.2) is 24.3 Å². The molecule has 0 fully saturated rings. The van der Waals surface area contributed by atoms with E-state index < -0.39 is 6.10 Å². The molecular weight excluding hydrogens is 353 g/mol. The summed E-state index contributed by atoms with van der Waals surface area (Å²) in [4.78, 5) is 10.8. The van der Waals surface area contributed by atoms with Gasteiger partial charge in [-0.3, -0.25) is 4.79 Å². The van der Waals surface area contributed by atoms with Crippen molar-refractivity contribution in [3.8, 4) is 5.75 Å². The maximum Gasteiger partial charge on any atom is 0.221 e. The number of anilines is 1. The normalized spacial score (nSPS) is 13.9. The van der Waals surface area contributed by atoms with Crippen molar-refractivity contribution < 1.29 is 14.6 Å². The van der Waals surface area contributed by atoms with Crippen molar-refractivity contribution in [3.63, 3.8) is 0 Å². The van der Waals surface area contributed by atoms with Crippen LogP contribution in [0.4, 0.5) is 5.69 Å². The van der Waals surface area contributed by atoms with Gasteiger partial charge in [-0.1, -0.05) is 22.6 Å². The van der Waals surface area contributed by atoms with Gasteiger partial charge >= 0.3 is 0 Å². The highest BCUT2D eigenvalue weighted by molar-refractivity contribution is 14.1. The Morgan fingerprint density at radius 1 is 1.53 bits per heavy atom. The Balaban J connectivity index is 2.48. The summed E-state index contributed by atoms with van der Waals surface area (Å²) in [6, 6.07) is 6.95. The van der Waals surface area contributed by atoms with Gasteiger partial charge in [-0.25, -0.2) is 0 Å². The second-order valence-corrected chi connectivity index (χ2v) is 6.34. The molecule has 0 aliphatic rings. The summed E-state index contributed by atoms with van der Waals surface area (Å²) in [7, 11) is 0. The van der Waals surface area contributed by atoms with E-state index in [9.17, 15) is 9.90 Å². The number of carbonyl (C=O) groups is 1. The lowest BCUT2D eigenvalue weighted by atomic mass is 10.3. The number of carbonyl (C=O) groups excluding carboxylic acids is 1. The molecule has 0 aliphatic heterocycles. The summed E-state index contributed by atoms with van der Waals surface area (Å²) in [5.41, 5.74) is 0.714. The van der Waals surface area contributed by atoms with Gasteiger partial charge in [-0.05, 0) is 24.3 Å². The van der Waals surface area contributed by atoms with E-state index in [0.717, 1.165) is 0 Å². The van der Waals surface area contributed by atoms with E-state index in [-0.39, 0.29) is 15.8 Å². The minimum atomic E-state index is -0.617. The van der Waals surface area contributed by atoms with Crippen LogP contribution < -0.4 is 10.1 Å². The van der Waals surface area contributed by atoms with Crippen molar-refractivity contribution in [2.75, 3.05) is 11.9 Å². The van der Waals surface area contributed by atoms with Crippen molar-refractivity contribution in [1.82, 2.24) is 0 Å². The summed E-state index contributed by atoms with van der Waals surface area (Å²) in [6.45, 7) is 1.64. The fourth-order valence-corrected chi connectivity index (χ4v) is 1.39. The van der Waals surface area contributed by atoms with E-state index in [1.807, 2.05) is 22.6 Å². The lowest BCUT2D eigenvalue weighted by Crippen LogP contribution is -2.23. The molecule has 0 bridgehead atoms. The Bertz CT molecular complexity index is 369. The first-order chi connectivity index (χ1) is 7.99. The molecule has 2 unspecified atom stereocenters. The molecule has 2 atom stereocenters. The molecule has 0 saturated heterocycles. The lowest BCUT2D eigenvalue weighted by molar-refractivity contribution is -0.114. The van der Waals surface area contributed by atoms with E-state index >= 15 is 0 Å². The third kappa shape index (κ3) is 5.60. The van der Waals surface area contributed by atoms with Crippen LogP contribution in [0.5, 0.6) is 5.75 Å². The zero-order chi connectivity index (χ0) is 12.8. The molecule has 0 aromatic heterocycles. The average Bonchev–Trinajstić information content (AvgIpc) is 2.26. The highest BCUT2D eigenvalue weighted by Gasteiger charge is 2.11. The number of thiol groups is 1. The van der Waals surface area contributed by atoms with Crippen LogP contribution in [0.1, 0.15) is 6.92 Å². The van der Waals surface area contributed by atoms with Crippen molar-refractivity contribution in [2.24, 2.45) is 0 Å². The number of halogens is 1. The molecule has 0 aliphatic carbocycles. The molecule has 0 saturated carbocycles. The van der Waals surface area contributed by atoms with Crippen LogP contribution >= 0.6 is 35.2 Å². The molecule has 1 amide bonds. The number of nitrogens with one attached hydrogen (secondary N) is 1. The van der Waals surface area contributed by atoms with Crippen LogP contribution in [0.25, 0.3) is 0 Å². The van der Waals surface area contributed by atoms with E-state index in [0.29, 0.717) is 11.4 Å². The molecule has 2 N–H and O–H groups in total. The Kier molecular flexibility index (Phi) is 6.07. The first-order valence-corrected chi connectivity index (χ1v) is 6.76. The van der Waals surface area contributed by atoms with E-state index in [1.54, 1.807) is 24.3 Å². The quantitative estimate of drug-likeness (QED) is 0.424. The fraction of sp³-hybridized carbons (Fsp3) is 0.364. The monoisotopic (exact) mass is 367 g/mol. The lowest BCUT2D eigenvalue weighted by Gasteiger charge is -2.14. The number of rotatable bonds is 5. The minimum Gasteiger partial charge on any atom is -0.491 e. The summed E-state index contributed by atoms with van der Waals surface area (Å²) in [5, 5.41) is 12.2. The third-order valence-electron chi connectivity index (χ3n) is 1.91. The second-order valence-electron chi connectivity index (χ2n) is 3.46. The molecule has 6 heteroatoms. The fourth-order valence-electron chi connectivity index (χ4n) is 1.10. The summed E-state index contributed by atoms with van der Waals surface area (Å²) < 4.78 is 5.21. The average molecular weight is 367 g/mol. The van der Waals surface area contributed by atoms with Gasteiger partial charge in [0, 0.05) is 12.6 Å². The smallest absolute Gasteiger partial charge is 0.221 e. The van der Waals surface area contributed by atoms with Crippen molar-refractivity contribution in [3.05, 3.63) is 24.3 Å². The second kappa shape index (κ2) is 7.07. The maximum atomic E-state index is 10.8. The van der Waals surface area contributed by atoms with Crippen molar-refractivity contribution in [2.45, 2.75) is 16.3 Å². The van der Waals surface area contributed by atoms with Gasteiger partial charge in [0.15, 0.2) is 0 Å². The summed E-state index contributed by atoms with van der Waals surface area (Å²) in [5.74, 6) is 0.528. The molecule has 94 valence electrons. The van der Waals surface area contributed by atoms with Gasteiger partial charge in [0.05, 0.1) is 3.26 Å².